The van der Waals surface area contributed by atoms with Crippen LogP contribution in [0.4, 0.5) is 10.1 Å². The number of ketones is 1. The van der Waals surface area contributed by atoms with E-state index in [1.54, 1.807) is 35.0 Å². The average Bonchev–Trinajstić information content (AvgIpc) is 3.37. The fraction of sp³-hybridized carbons (Fsp3) is 0.100. The summed E-state index contributed by atoms with van der Waals surface area (Å²) in [6, 6.07) is 9.78. The van der Waals surface area contributed by atoms with Gasteiger partial charge in [-0.2, -0.15) is 5.10 Å². The predicted octanol–water partition coefficient (Wildman–Crippen LogP) is 3.81. The van der Waals surface area contributed by atoms with Crippen LogP contribution in [0.3, 0.4) is 0 Å². The van der Waals surface area contributed by atoms with Crippen LogP contribution in [0.5, 0.6) is 0 Å². The quantitative estimate of drug-likeness (QED) is 0.494. The summed E-state index contributed by atoms with van der Waals surface area (Å²) in [6.07, 6.45) is 3.06. The standard InChI is InChI=1S/C20H15FN4O2S/c1-12(26)24(2)17-10-13(5-6-15(17)21)16-7-8-22-20-14(11-23-25(16)20)19(27)18-4-3-9-28-18/h3-11H,1-2H3. The molecule has 1 amide bonds. The van der Waals surface area contributed by atoms with Gasteiger partial charge in [0.1, 0.15) is 5.82 Å². The molecule has 140 valence electrons. The van der Waals surface area contributed by atoms with Crippen LogP contribution in [0, 0.1) is 5.82 Å². The Balaban J connectivity index is 1.84. The molecular formula is C20H15FN4O2S. The smallest absolute Gasteiger partial charge is 0.223 e. The van der Waals surface area contributed by atoms with E-state index in [9.17, 15) is 14.0 Å². The van der Waals surface area contributed by atoms with E-state index in [1.807, 2.05) is 11.4 Å². The van der Waals surface area contributed by atoms with Gasteiger partial charge >= 0.3 is 0 Å². The Morgan fingerprint density at radius 2 is 2.04 bits per heavy atom. The Labute approximate surface area is 163 Å². The van der Waals surface area contributed by atoms with Crippen molar-refractivity contribution in [1.82, 2.24) is 14.6 Å². The first kappa shape index (κ1) is 18.0. The molecule has 4 rings (SSSR count). The van der Waals surface area contributed by atoms with Crippen LogP contribution >= 0.6 is 11.3 Å². The number of fused-ring (bicyclic) bond motifs is 1. The highest BCUT2D eigenvalue weighted by atomic mass is 32.1. The topological polar surface area (TPSA) is 67.6 Å². The lowest BCUT2D eigenvalue weighted by atomic mass is 10.1. The fourth-order valence-electron chi connectivity index (χ4n) is 2.91. The zero-order valence-electron chi connectivity index (χ0n) is 15.1. The van der Waals surface area contributed by atoms with Gasteiger partial charge in [0.05, 0.1) is 28.0 Å². The number of aromatic nitrogens is 3. The van der Waals surface area contributed by atoms with Gasteiger partial charge in [-0.15, -0.1) is 11.3 Å². The number of rotatable bonds is 4. The third kappa shape index (κ3) is 2.97. The van der Waals surface area contributed by atoms with Crippen LogP contribution in [0.25, 0.3) is 16.9 Å². The number of hydrogen-bond acceptors (Lipinski definition) is 5. The molecule has 1 aromatic carbocycles. The van der Waals surface area contributed by atoms with E-state index < -0.39 is 5.82 Å². The summed E-state index contributed by atoms with van der Waals surface area (Å²) in [5.41, 5.74) is 2.26. The minimum atomic E-state index is -0.499. The van der Waals surface area contributed by atoms with Crippen LogP contribution in [-0.2, 0) is 4.79 Å². The van der Waals surface area contributed by atoms with E-state index in [0.29, 0.717) is 27.3 Å². The van der Waals surface area contributed by atoms with Crippen molar-refractivity contribution in [3.63, 3.8) is 0 Å². The first-order valence-corrected chi connectivity index (χ1v) is 9.30. The van der Waals surface area contributed by atoms with E-state index in [-0.39, 0.29) is 17.4 Å². The highest BCUT2D eigenvalue weighted by Crippen LogP contribution is 2.28. The van der Waals surface area contributed by atoms with E-state index in [0.717, 1.165) is 0 Å². The molecule has 0 bridgehead atoms. The molecule has 0 atom stereocenters. The largest absolute Gasteiger partial charge is 0.313 e. The third-order valence-electron chi connectivity index (χ3n) is 4.47. The summed E-state index contributed by atoms with van der Waals surface area (Å²) in [5.74, 6) is -0.926. The molecule has 0 fully saturated rings. The molecule has 0 radical (unpaired) electrons. The Bertz CT molecular complexity index is 1200. The van der Waals surface area contributed by atoms with Crippen molar-refractivity contribution in [3.05, 3.63) is 70.4 Å². The lowest BCUT2D eigenvalue weighted by molar-refractivity contribution is -0.116. The Hall–Kier alpha value is -3.39. The second-order valence-electron chi connectivity index (χ2n) is 6.17. The first-order chi connectivity index (χ1) is 13.5. The zero-order valence-corrected chi connectivity index (χ0v) is 15.9. The monoisotopic (exact) mass is 394 g/mol. The fourth-order valence-corrected chi connectivity index (χ4v) is 3.59. The molecule has 0 saturated heterocycles. The van der Waals surface area contributed by atoms with Crippen molar-refractivity contribution in [2.24, 2.45) is 0 Å². The molecule has 0 unspecified atom stereocenters. The number of anilines is 1. The van der Waals surface area contributed by atoms with Crippen molar-refractivity contribution >= 4 is 34.4 Å². The minimum absolute atomic E-state index is 0.147. The summed E-state index contributed by atoms with van der Waals surface area (Å²) < 4.78 is 15.8. The van der Waals surface area contributed by atoms with Gasteiger partial charge in [0.2, 0.25) is 11.7 Å². The van der Waals surface area contributed by atoms with Gasteiger partial charge in [0.25, 0.3) is 0 Å². The number of benzene rings is 1. The molecule has 3 heterocycles. The number of amides is 1. The third-order valence-corrected chi connectivity index (χ3v) is 5.34. The zero-order chi connectivity index (χ0) is 19.8. The Kier molecular flexibility index (Phi) is 4.48. The van der Waals surface area contributed by atoms with E-state index in [1.165, 1.54) is 42.5 Å². The Morgan fingerprint density at radius 3 is 2.75 bits per heavy atom. The van der Waals surface area contributed by atoms with Crippen LogP contribution in [0.1, 0.15) is 22.2 Å². The molecule has 0 spiro atoms. The highest BCUT2D eigenvalue weighted by Gasteiger charge is 2.19. The summed E-state index contributed by atoms with van der Waals surface area (Å²) in [7, 11) is 1.51. The molecule has 4 aromatic rings. The molecule has 0 aliphatic rings. The van der Waals surface area contributed by atoms with Gasteiger partial charge in [-0.25, -0.2) is 13.9 Å². The molecule has 0 aliphatic heterocycles. The predicted molar refractivity (Wildman–Crippen MR) is 105 cm³/mol. The lowest BCUT2D eigenvalue weighted by Gasteiger charge is -2.17. The molecule has 6 nitrogen and oxygen atoms in total. The van der Waals surface area contributed by atoms with Crippen molar-refractivity contribution < 1.29 is 14.0 Å². The van der Waals surface area contributed by atoms with Gasteiger partial charge in [0.15, 0.2) is 5.65 Å². The normalized spacial score (nSPS) is 11.0. The van der Waals surface area contributed by atoms with Gasteiger partial charge in [0, 0.05) is 25.7 Å². The second-order valence-corrected chi connectivity index (χ2v) is 7.12. The molecule has 0 N–H and O–H groups in total. The maximum absolute atomic E-state index is 14.2. The van der Waals surface area contributed by atoms with Gasteiger partial charge in [-0.3, -0.25) is 9.59 Å². The molecular weight excluding hydrogens is 379 g/mol. The SMILES string of the molecule is CC(=O)N(C)c1cc(-c2ccnc3c(C(=O)c4cccs4)cnn23)ccc1F. The van der Waals surface area contributed by atoms with Crippen LogP contribution < -0.4 is 4.90 Å². The number of nitrogens with zero attached hydrogens (tertiary/aromatic N) is 4. The first-order valence-electron chi connectivity index (χ1n) is 8.42. The molecule has 0 aliphatic carbocycles. The van der Waals surface area contributed by atoms with E-state index in [2.05, 4.69) is 10.1 Å². The van der Waals surface area contributed by atoms with Crippen LogP contribution in [0.2, 0.25) is 0 Å². The number of hydrogen-bond donors (Lipinski definition) is 0. The second kappa shape index (κ2) is 6.97. The van der Waals surface area contributed by atoms with Crippen molar-refractivity contribution in [2.75, 3.05) is 11.9 Å². The number of carbonyl (C=O) groups is 2. The minimum Gasteiger partial charge on any atom is -0.313 e. The van der Waals surface area contributed by atoms with Gasteiger partial charge in [-0.1, -0.05) is 6.07 Å². The summed E-state index contributed by atoms with van der Waals surface area (Å²) >= 11 is 1.35. The van der Waals surface area contributed by atoms with Crippen molar-refractivity contribution in [3.8, 4) is 11.3 Å². The molecule has 8 heteroatoms. The maximum Gasteiger partial charge on any atom is 0.223 e. The summed E-state index contributed by atoms with van der Waals surface area (Å²) in [6.45, 7) is 1.37. The number of thiophene rings is 1. The van der Waals surface area contributed by atoms with Crippen LogP contribution in [-0.4, -0.2) is 33.3 Å². The maximum atomic E-state index is 14.2. The molecule has 28 heavy (non-hydrogen) atoms. The number of halogens is 1. The summed E-state index contributed by atoms with van der Waals surface area (Å²) in [4.78, 5) is 30.5. The van der Waals surface area contributed by atoms with E-state index in [4.69, 9.17) is 0 Å². The van der Waals surface area contributed by atoms with Crippen molar-refractivity contribution in [2.45, 2.75) is 6.92 Å². The lowest BCUT2D eigenvalue weighted by Crippen LogP contribution is -2.23. The van der Waals surface area contributed by atoms with Gasteiger partial charge < -0.3 is 4.90 Å². The molecule has 0 saturated carbocycles. The van der Waals surface area contributed by atoms with Crippen LogP contribution in [0.15, 0.2) is 54.2 Å². The summed E-state index contributed by atoms with van der Waals surface area (Å²) in [5, 5.41) is 6.16. The highest BCUT2D eigenvalue weighted by molar-refractivity contribution is 7.12. The molecule has 3 aromatic heterocycles. The Morgan fingerprint density at radius 1 is 1.21 bits per heavy atom. The average molecular weight is 394 g/mol. The van der Waals surface area contributed by atoms with Gasteiger partial charge in [-0.05, 0) is 35.7 Å². The van der Waals surface area contributed by atoms with E-state index >= 15 is 0 Å². The van der Waals surface area contributed by atoms with Crippen molar-refractivity contribution in [1.29, 1.82) is 0 Å². The number of carbonyl (C=O) groups excluding carboxylic acids is 2.